The van der Waals surface area contributed by atoms with Crippen molar-refractivity contribution in [1.29, 1.82) is 0 Å². The van der Waals surface area contributed by atoms with Crippen LogP contribution < -0.4 is 10.2 Å². The fourth-order valence-corrected chi connectivity index (χ4v) is 2.34. The van der Waals surface area contributed by atoms with Gasteiger partial charge in [-0.15, -0.1) is 0 Å². The molecule has 1 fully saturated rings. The van der Waals surface area contributed by atoms with E-state index in [9.17, 15) is 0 Å². The average Bonchev–Trinajstić information content (AvgIpc) is 3.18. The SMILES string of the molecule is CCCN(c1ccc(CNC2CC2)c(C)n1)C(C)C. The van der Waals surface area contributed by atoms with Crippen LogP contribution in [0.5, 0.6) is 0 Å². The summed E-state index contributed by atoms with van der Waals surface area (Å²) in [4.78, 5) is 7.18. The lowest BCUT2D eigenvalue weighted by atomic mass is 10.2. The van der Waals surface area contributed by atoms with E-state index in [-0.39, 0.29) is 0 Å². The van der Waals surface area contributed by atoms with Crippen LogP contribution in [0.15, 0.2) is 12.1 Å². The highest BCUT2D eigenvalue weighted by molar-refractivity contribution is 5.42. The maximum Gasteiger partial charge on any atom is 0.129 e. The zero-order valence-electron chi connectivity index (χ0n) is 12.7. The van der Waals surface area contributed by atoms with Gasteiger partial charge in [-0.3, -0.25) is 0 Å². The Bertz CT molecular complexity index is 410. The first kappa shape index (κ1) is 14.3. The van der Waals surface area contributed by atoms with Gasteiger partial charge in [0, 0.05) is 30.9 Å². The predicted molar refractivity (Wildman–Crippen MR) is 81.6 cm³/mol. The molecular weight excluding hydrogens is 234 g/mol. The van der Waals surface area contributed by atoms with Crippen molar-refractivity contribution in [2.24, 2.45) is 0 Å². The monoisotopic (exact) mass is 261 g/mol. The Morgan fingerprint density at radius 3 is 2.63 bits per heavy atom. The number of nitrogens with zero attached hydrogens (tertiary/aromatic N) is 2. The molecule has 1 aliphatic rings. The van der Waals surface area contributed by atoms with E-state index in [4.69, 9.17) is 4.98 Å². The molecule has 1 aliphatic carbocycles. The number of aryl methyl sites for hydroxylation is 1. The third-order valence-electron chi connectivity index (χ3n) is 3.72. The van der Waals surface area contributed by atoms with Crippen LogP contribution in [0, 0.1) is 6.92 Å². The van der Waals surface area contributed by atoms with Crippen LogP contribution in [0.4, 0.5) is 5.82 Å². The molecule has 3 heteroatoms. The minimum atomic E-state index is 0.502. The smallest absolute Gasteiger partial charge is 0.129 e. The molecule has 2 rings (SSSR count). The van der Waals surface area contributed by atoms with Gasteiger partial charge in [-0.1, -0.05) is 13.0 Å². The molecule has 0 atom stereocenters. The van der Waals surface area contributed by atoms with Crippen LogP contribution in [-0.2, 0) is 6.54 Å². The Morgan fingerprint density at radius 2 is 2.11 bits per heavy atom. The molecule has 19 heavy (non-hydrogen) atoms. The fourth-order valence-electron chi connectivity index (χ4n) is 2.34. The van der Waals surface area contributed by atoms with Crippen molar-refractivity contribution < 1.29 is 0 Å². The number of nitrogens with one attached hydrogen (secondary N) is 1. The highest BCUT2D eigenvalue weighted by atomic mass is 15.2. The van der Waals surface area contributed by atoms with Crippen molar-refractivity contribution in [2.45, 2.75) is 65.6 Å². The normalized spacial score (nSPS) is 15.0. The summed E-state index contributed by atoms with van der Waals surface area (Å²) in [6, 6.07) is 5.67. The predicted octanol–water partition coefficient (Wildman–Crippen LogP) is 3.27. The van der Waals surface area contributed by atoms with E-state index in [0.717, 1.165) is 37.1 Å². The van der Waals surface area contributed by atoms with Crippen LogP contribution >= 0.6 is 0 Å². The standard InChI is InChI=1S/C16H27N3/c1-5-10-19(12(2)3)16-9-6-14(13(4)18-16)11-17-15-7-8-15/h6,9,12,15,17H,5,7-8,10-11H2,1-4H3. The van der Waals surface area contributed by atoms with Gasteiger partial charge in [0.15, 0.2) is 0 Å². The topological polar surface area (TPSA) is 28.2 Å². The van der Waals surface area contributed by atoms with Crippen LogP contribution in [-0.4, -0.2) is 23.6 Å². The van der Waals surface area contributed by atoms with Gasteiger partial charge < -0.3 is 10.2 Å². The zero-order valence-corrected chi connectivity index (χ0v) is 12.7. The van der Waals surface area contributed by atoms with Crippen molar-refractivity contribution in [1.82, 2.24) is 10.3 Å². The first-order chi connectivity index (χ1) is 9.11. The molecule has 1 heterocycles. The number of anilines is 1. The lowest BCUT2D eigenvalue weighted by Crippen LogP contribution is -2.32. The third-order valence-corrected chi connectivity index (χ3v) is 3.72. The van der Waals surface area contributed by atoms with E-state index >= 15 is 0 Å². The maximum atomic E-state index is 4.80. The number of hydrogen-bond acceptors (Lipinski definition) is 3. The summed E-state index contributed by atoms with van der Waals surface area (Å²) in [5, 5.41) is 3.56. The fraction of sp³-hybridized carbons (Fsp3) is 0.688. The highest BCUT2D eigenvalue weighted by Gasteiger charge is 2.20. The van der Waals surface area contributed by atoms with Crippen molar-refractivity contribution in [3.63, 3.8) is 0 Å². The van der Waals surface area contributed by atoms with Crippen molar-refractivity contribution in [2.75, 3.05) is 11.4 Å². The molecular formula is C16H27N3. The van der Waals surface area contributed by atoms with Gasteiger partial charge in [0.1, 0.15) is 5.82 Å². The van der Waals surface area contributed by atoms with Gasteiger partial charge in [-0.05, 0) is 51.7 Å². The van der Waals surface area contributed by atoms with Crippen LogP contribution in [0.25, 0.3) is 0 Å². The molecule has 1 saturated carbocycles. The lowest BCUT2D eigenvalue weighted by molar-refractivity contribution is 0.656. The van der Waals surface area contributed by atoms with E-state index < -0.39 is 0 Å². The number of pyridine rings is 1. The summed E-state index contributed by atoms with van der Waals surface area (Å²) in [6.45, 7) is 10.8. The molecule has 0 aromatic carbocycles. The van der Waals surface area contributed by atoms with E-state index in [2.05, 4.69) is 50.0 Å². The molecule has 106 valence electrons. The molecule has 0 spiro atoms. The number of aromatic nitrogens is 1. The number of hydrogen-bond donors (Lipinski definition) is 1. The third kappa shape index (κ3) is 3.93. The van der Waals surface area contributed by atoms with Crippen molar-refractivity contribution in [3.8, 4) is 0 Å². The van der Waals surface area contributed by atoms with Crippen LogP contribution in [0.1, 0.15) is 51.3 Å². The van der Waals surface area contributed by atoms with Gasteiger partial charge in [-0.25, -0.2) is 4.98 Å². The first-order valence-electron chi connectivity index (χ1n) is 7.58. The summed E-state index contributed by atoms with van der Waals surface area (Å²) < 4.78 is 0. The Kier molecular flexibility index (Phi) is 4.81. The van der Waals surface area contributed by atoms with E-state index in [0.29, 0.717) is 6.04 Å². The molecule has 1 aromatic heterocycles. The molecule has 0 saturated heterocycles. The molecule has 0 radical (unpaired) electrons. The lowest BCUT2D eigenvalue weighted by Gasteiger charge is -2.28. The summed E-state index contributed by atoms with van der Waals surface area (Å²) in [5.41, 5.74) is 2.49. The molecule has 0 unspecified atom stereocenters. The van der Waals surface area contributed by atoms with Gasteiger partial charge in [0.05, 0.1) is 0 Å². The number of rotatable bonds is 7. The Hall–Kier alpha value is -1.09. The van der Waals surface area contributed by atoms with Gasteiger partial charge in [-0.2, -0.15) is 0 Å². The second-order valence-electron chi connectivity index (χ2n) is 5.86. The van der Waals surface area contributed by atoms with Crippen molar-refractivity contribution >= 4 is 5.82 Å². The summed E-state index contributed by atoms with van der Waals surface area (Å²) >= 11 is 0. The zero-order chi connectivity index (χ0) is 13.8. The van der Waals surface area contributed by atoms with E-state index in [1.54, 1.807) is 0 Å². The van der Waals surface area contributed by atoms with Gasteiger partial charge in [0.2, 0.25) is 0 Å². The molecule has 1 aromatic rings. The Balaban J connectivity index is 2.06. The summed E-state index contributed by atoms with van der Waals surface area (Å²) in [5.74, 6) is 1.12. The molecule has 1 N–H and O–H groups in total. The van der Waals surface area contributed by atoms with Crippen LogP contribution in [0.3, 0.4) is 0 Å². The molecule has 0 aliphatic heterocycles. The highest BCUT2D eigenvalue weighted by Crippen LogP contribution is 2.21. The molecule has 3 nitrogen and oxygen atoms in total. The van der Waals surface area contributed by atoms with Crippen LogP contribution in [0.2, 0.25) is 0 Å². The Labute approximate surface area is 117 Å². The van der Waals surface area contributed by atoms with E-state index in [1.165, 1.54) is 18.4 Å². The Morgan fingerprint density at radius 1 is 1.37 bits per heavy atom. The minimum Gasteiger partial charge on any atom is -0.354 e. The maximum absolute atomic E-state index is 4.80. The second kappa shape index (κ2) is 6.38. The van der Waals surface area contributed by atoms with E-state index in [1.807, 2.05) is 0 Å². The van der Waals surface area contributed by atoms with Crippen molar-refractivity contribution in [3.05, 3.63) is 23.4 Å². The van der Waals surface area contributed by atoms with Gasteiger partial charge in [0.25, 0.3) is 0 Å². The minimum absolute atomic E-state index is 0.502. The first-order valence-corrected chi connectivity index (χ1v) is 7.58. The summed E-state index contributed by atoms with van der Waals surface area (Å²) in [7, 11) is 0. The molecule has 0 bridgehead atoms. The largest absolute Gasteiger partial charge is 0.354 e. The average molecular weight is 261 g/mol. The quantitative estimate of drug-likeness (QED) is 0.816. The van der Waals surface area contributed by atoms with Gasteiger partial charge >= 0.3 is 0 Å². The molecule has 0 amide bonds. The summed E-state index contributed by atoms with van der Waals surface area (Å²) in [6.07, 6.45) is 3.83. The second-order valence-corrected chi connectivity index (χ2v) is 5.86.